The summed E-state index contributed by atoms with van der Waals surface area (Å²) in [6, 6.07) is 22.6. The standard InChI is InChI=1S/C19H17O4P.CHNO/c1-14-12-13-17(23-24(20,21)22)19(16-10-6-3-7-11-16)18(14)15-8-4-2-5-9-15;2-1-3/h2-13H,1H3,(H2,20,21,22);2H. The highest BCUT2D eigenvalue weighted by atomic mass is 31.2. The van der Waals surface area contributed by atoms with Crippen molar-refractivity contribution in [3.05, 3.63) is 78.4 Å². The molecule has 0 spiro atoms. The van der Waals surface area contributed by atoms with Crippen molar-refractivity contribution in [1.82, 2.24) is 0 Å². The molecule has 3 aromatic carbocycles. The molecule has 27 heavy (non-hydrogen) atoms. The maximum atomic E-state index is 11.4. The van der Waals surface area contributed by atoms with Gasteiger partial charge in [0.25, 0.3) is 0 Å². The van der Waals surface area contributed by atoms with E-state index in [4.69, 9.17) is 14.7 Å². The van der Waals surface area contributed by atoms with E-state index in [0.29, 0.717) is 5.56 Å². The predicted octanol–water partition coefficient (Wildman–Crippen LogP) is 4.70. The van der Waals surface area contributed by atoms with Gasteiger partial charge in [-0.05, 0) is 35.2 Å². The SMILES string of the molecule is Cc1ccc(OP(=O)(O)O)c(-c2ccccc2)c1-c1ccccc1.N=C=O. The summed E-state index contributed by atoms with van der Waals surface area (Å²) in [6.45, 7) is 1.97. The molecule has 0 heterocycles. The first-order chi connectivity index (χ1) is 12.9. The van der Waals surface area contributed by atoms with Gasteiger partial charge in [0.05, 0.1) is 0 Å². The van der Waals surface area contributed by atoms with Gasteiger partial charge in [0.1, 0.15) is 5.75 Å². The molecular weight excluding hydrogens is 365 g/mol. The number of nitrogens with one attached hydrogen (secondary N) is 1. The zero-order valence-electron chi connectivity index (χ0n) is 14.5. The van der Waals surface area contributed by atoms with Gasteiger partial charge in [0.2, 0.25) is 6.08 Å². The first-order valence-corrected chi connectivity index (χ1v) is 9.44. The van der Waals surface area contributed by atoms with Crippen LogP contribution in [-0.4, -0.2) is 15.9 Å². The number of phosphoric acid groups is 1. The Morgan fingerprint density at radius 1 is 0.852 bits per heavy atom. The van der Waals surface area contributed by atoms with Crippen molar-refractivity contribution >= 4 is 13.9 Å². The Morgan fingerprint density at radius 2 is 1.30 bits per heavy atom. The van der Waals surface area contributed by atoms with E-state index in [-0.39, 0.29) is 5.75 Å². The molecule has 0 saturated carbocycles. The molecule has 0 saturated heterocycles. The van der Waals surface area contributed by atoms with Crippen molar-refractivity contribution < 1.29 is 23.7 Å². The number of isocyanates is 1. The molecule has 138 valence electrons. The summed E-state index contributed by atoms with van der Waals surface area (Å²) in [5.41, 5.74) is 4.37. The Kier molecular flexibility index (Phi) is 6.83. The minimum absolute atomic E-state index is 0.166. The maximum absolute atomic E-state index is 11.4. The summed E-state index contributed by atoms with van der Waals surface area (Å²) in [7, 11) is -4.66. The molecule has 0 fully saturated rings. The smallest absolute Gasteiger partial charge is 0.404 e. The van der Waals surface area contributed by atoms with Gasteiger partial charge in [-0.15, -0.1) is 0 Å². The van der Waals surface area contributed by atoms with E-state index in [2.05, 4.69) is 0 Å². The molecule has 6 nitrogen and oxygen atoms in total. The van der Waals surface area contributed by atoms with Gasteiger partial charge in [-0.25, -0.2) is 14.8 Å². The van der Waals surface area contributed by atoms with E-state index in [1.165, 1.54) is 0 Å². The second-order valence-corrected chi connectivity index (χ2v) is 6.71. The number of hydrogen-bond acceptors (Lipinski definition) is 4. The maximum Gasteiger partial charge on any atom is 0.524 e. The molecule has 3 N–H and O–H groups in total. The molecule has 3 rings (SSSR count). The van der Waals surface area contributed by atoms with E-state index >= 15 is 0 Å². The van der Waals surface area contributed by atoms with Gasteiger partial charge in [0.15, 0.2) is 0 Å². The molecule has 0 aliphatic carbocycles. The first kappa shape index (κ1) is 20.3. The summed E-state index contributed by atoms with van der Waals surface area (Å²) in [6.07, 6.45) is 0.750. The highest BCUT2D eigenvalue weighted by Gasteiger charge is 2.22. The van der Waals surface area contributed by atoms with E-state index in [0.717, 1.165) is 28.3 Å². The minimum Gasteiger partial charge on any atom is -0.404 e. The van der Waals surface area contributed by atoms with Crippen LogP contribution in [-0.2, 0) is 9.36 Å². The largest absolute Gasteiger partial charge is 0.524 e. The highest BCUT2D eigenvalue weighted by Crippen LogP contribution is 2.47. The molecule has 3 aromatic rings. The summed E-state index contributed by atoms with van der Waals surface area (Å²) >= 11 is 0. The van der Waals surface area contributed by atoms with Crippen LogP contribution in [0.2, 0.25) is 0 Å². The molecule has 0 atom stereocenters. The highest BCUT2D eigenvalue weighted by molar-refractivity contribution is 7.46. The topological polar surface area (TPSA) is 108 Å². The molecule has 0 bridgehead atoms. The van der Waals surface area contributed by atoms with Crippen LogP contribution in [0.25, 0.3) is 22.3 Å². The van der Waals surface area contributed by atoms with Crippen LogP contribution in [0.5, 0.6) is 5.75 Å². The zero-order chi connectivity index (χ0) is 19.9. The van der Waals surface area contributed by atoms with Crippen molar-refractivity contribution in [3.8, 4) is 28.0 Å². The van der Waals surface area contributed by atoms with Crippen molar-refractivity contribution in [2.75, 3.05) is 0 Å². The normalized spacial score (nSPS) is 10.3. The van der Waals surface area contributed by atoms with Gasteiger partial charge in [-0.1, -0.05) is 66.7 Å². The van der Waals surface area contributed by atoms with Gasteiger partial charge < -0.3 is 4.52 Å². The average Bonchev–Trinajstić information content (AvgIpc) is 2.64. The van der Waals surface area contributed by atoms with Crippen LogP contribution in [0.1, 0.15) is 5.56 Å². The summed E-state index contributed by atoms with van der Waals surface area (Å²) in [5, 5.41) is 5.40. The van der Waals surface area contributed by atoms with Crippen molar-refractivity contribution in [3.63, 3.8) is 0 Å². The molecular formula is C20H18NO5P. The Labute approximate surface area is 156 Å². The molecule has 0 amide bonds. The van der Waals surface area contributed by atoms with Gasteiger partial charge >= 0.3 is 7.82 Å². The molecule has 7 heteroatoms. The number of carbonyl (C=O) groups excluding carboxylic acids is 1. The lowest BCUT2D eigenvalue weighted by Crippen LogP contribution is -1.97. The fourth-order valence-electron chi connectivity index (χ4n) is 2.76. The third-order valence-corrected chi connectivity index (χ3v) is 4.15. The van der Waals surface area contributed by atoms with Crippen molar-refractivity contribution in [2.45, 2.75) is 6.92 Å². The van der Waals surface area contributed by atoms with Crippen LogP contribution in [0.4, 0.5) is 0 Å². The lowest BCUT2D eigenvalue weighted by atomic mass is 9.90. The summed E-state index contributed by atoms with van der Waals surface area (Å²) in [4.78, 5) is 26.9. The summed E-state index contributed by atoms with van der Waals surface area (Å²) < 4.78 is 16.4. The third-order valence-electron chi connectivity index (χ3n) is 3.72. The Bertz CT molecular complexity index is 978. The average molecular weight is 383 g/mol. The van der Waals surface area contributed by atoms with Crippen LogP contribution in [0.3, 0.4) is 0 Å². The monoisotopic (exact) mass is 383 g/mol. The summed E-state index contributed by atoms with van der Waals surface area (Å²) in [5.74, 6) is 0.166. The van der Waals surface area contributed by atoms with E-state index in [1.54, 1.807) is 12.1 Å². The second kappa shape index (κ2) is 9.08. The quantitative estimate of drug-likeness (QED) is 0.344. The predicted molar refractivity (Wildman–Crippen MR) is 103 cm³/mol. The number of phosphoric ester groups is 1. The Morgan fingerprint density at radius 3 is 1.74 bits per heavy atom. The van der Waals surface area contributed by atoms with E-state index < -0.39 is 7.82 Å². The van der Waals surface area contributed by atoms with Gasteiger partial charge in [-0.3, -0.25) is 9.79 Å². The minimum atomic E-state index is -4.66. The van der Waals surface area contributed by atoms with Crippen molar-refractivity contribution in [1.29, 1.82) is 5.41 Å². The number of aryl methyl sites for hydroxylation is 1. The first-order valence-electron chi connectivity index (χ1n) is 7.91. The molecule has 0 unspecified atom stereocenters. The molecule has 0 aliphatic rings. The lowest BCUT2D eigenvalue weighted by Gasteiger charge is -2.18. The van der Waals surface area contributed by atoms with Crippen LogP contribution < -0.4 is 4.52 Å². The van der Waals surface area contributed by atoms with Gasteiger partial charge in [0, 0.05) is 5.56 Å². The Hall–Kier alpha value is -3.01. The van der Waals surface area contributed by atoms with Crippen LogP contribution in [0, 0.1) is 12.3 Å². The lowest BCUT2D eigenvalue weighted by molar-refractivity contribution is 0.283. The number of benzene rings is 3. The number of hydrogen-bond donors (Lipinski definition) is 3. The molecule has 0 aromatic heterocycles. The molecule has 0 aliphatic heterocycles. The Balaban J connectivity index is 0.000000817. The third kappa shape index (κ3) is 5.48. The molecule has 0 radical (unpaired) electrons. The van der Waals surface area contributed by atoms with Crippen molar-refractivity contribution in [2.24, 2.45) is 0 Å². The number of rotatable bonds is 4. The van der Waals surface area contributed by atoms with Crippen LogP contribution >= 0.6 is 7.82 Å². The van der Waals surface area contributed by atoms with Crippen LogP contribution in [0.15, 0.2) is 72.8 Å². The zero-order valence-corrected chi connectivity index (χ0v) is 15.4. The second-order valence-electron chi connectivity index (χ2n) is 5.55. The fraction of sp³-hybridized carbons (Fsp3) is 0.0500. The van der Waals surface area contributed by atoms with Gasteiger partial charge in [-0.2, -0.15) is 0 Å². The van der Waals surface area contributed by atoms with E-state index in [9.17, 15) is 14.4 Å². The van der Waals surface area contributed by atoms with E-state index in [1.807, 2.05) is 67.6 Å². The fourth-order valence-corrected chi connectivity index (χ4v) is 3.17.